The topological polar surface area (TPSA) is 54.4 Å². The van der Waals surface area contributed by atoms with Gasteiger partial charge in [0.15, 0.2) is 9.84 Å². The Hall–Kier alpha value is -0.390. The highest BCUT2D eigenvalue weighted by molar-refractivity contribution is 9.10. The molecule has 0 aromatic heterocycles. The van der Waals surface area contributed by atoms with Gasteiger partial charge in [-0.1, -0.05) is 22.0 Å². The van der Waals surface area contributed by atoms with Crippen molar-refractivity contribution >= 4 is 25.8 Å². The van der Waals surface area contributed by atoms with Crippen LogP contribution in [0.1, 0.15) is 19.4 Å². The van der Waals surface area contributed by atoms with Gasteiger partial charge in [0.25, 0.3) is 0 Å². The van der Waals surface area contributed by atoms with Crippen LogP contribution in [0, 0.1) is 6.92 Å². The number of benzene rings is 1. The van der Waals surface area contributed by atoms with Gasteiger partial charge in [0.1, 0.15) is 0 Å². The van der Waals surface area contributed by atoms with Crippen LogP contribution in [0.2, 0.25) is 0 Å². The molecule has 0 saturated carbocycles. The van der Waals surface area contributed by atoms with Crippen LogP contribution in [0.25, 0.3) is 0 Å². The van der Waals surface area contributed by atoms with Crippen LogP contribution in [0.3, 0.4) is 0 Å². The van der Waals surface area contributed by atoms with Crippen LogP contribution in [-0.2, 0) is 9.84 Å². The highest BCUT2D eigenvalue weighted by atomic mass is 79.9. The summed E-state index contributed by atoms with van der Waals surface area (Å²) >= 11 is 3.25. The fourth-order valence-electron chi connectivity index (χ4n) is 1.25. The molecule has 90 valence electrons. The Morgan fingerprint density at radius 2 is 1.94 bits per heavy atom. The lowest BCUT2D eigenvalue weighted by Gasteiger charge is -2.23. The molecule has 1 aromatic carbocycles. The Morgan fingerprint density at radius 1 is 1.38 bits per heavy atom. The molecule has 1 aromatic rings. The van der Waals surface area contributed by atoms with Crippen molar-refractivity contribution in [3.8, 4) is 0 Å². The summed E-state index contributed by atoms with van der Waals surface area (Å²) in [5.74, 6) is 0. The van der Waals surface area contributed by atoms with Gasteiger partial charge in [-0.05, 0) is 38.5 Å². The van der Waals surface area contributed by atoms with Crippen LogP contribution in [0.4, 0.5) is 0 Å². The number of aliphatic hydroxyl groups is 1. The van der Waals surface area contributed by atoms with Gasteiger partial charge in [0, 0.05) is 4.47 Å². The first-order chi connectivity index (χ1) is 7.22. The van der Waals surface area contributed by atoms with E-state index >= 15 is 0 Å². The molecule has 16 heavy (non-hydrogen) atoms. The van der Waals surface area contributed by atoms with Gasteiger partial charge in [-0.2, -0.15) is 0 Å². The van der Waals surface area contributed by atoms with Gasteiger partial charge in [-0.25, -0.2) is 8.42 Å². The van der Waals surface area contributed by atoms with Crippen molar-refractivity contribution in [1.82, 2.24) is 0 Å². The summed E-state index contributed by atoms with van der Waals surface area (Å²) in [7, 11) is -3.52. The van der Waals surface area contributed by atoms with Gasteiger partial charge in [0.2, 0.25) is 0 Å². The maximum atomic E-state index is 12.3. The molecule has 0 aliphatic carbocycles. The molecule has 0 atom stereocenters. The lowest BCUT2D eigenvalue weighted by molar-refractivity contribution is 0.258. The maximum Gasteiger partial charge on any atom is 0.186 e. The van der Waals surface area contributed by atoms with Crippen molar-refractivity contribution in [2.45, 2.75) is 30.4 Å². The molecule has 5 heteroatoms. The van der Waals surface area contributed by atoms with E-state index in [2.05, 4.69) is 15.9 Å². The summed E-state index contributed by atoms with van der Waals surface area (Å²) in [5.41, 5.74) is 0.685. The zero-order valence-corrected chi connectivity index (χ0v) is 11.9. The molecule has 0 aliphatic rings. The molecule has 0 bridgehead atoms. The van der Waals surface area contributed by atoms with Crippen molar-refractivity contribution in [3.63, 3.8) is 0 Å². The number of aliphatic hydroxyl groups excluding tert-OH is 1. The van der Waals surface area contributed by atoms with Crippen molar-refractivity contribution in [2.75, 3.05) is 6.61 Å². The molecule has 1 N–H and O–H groups in total. The second kappa shape index (κ2) is 4.47. The lowest BCUT2D eigenvalue weighted by atomic mass is 10.2. The van der Waals surface area contributed by atoms with Crippen LogP contribution in [0.5, 0.6) is 0 Å². The minimum Gasteiger partial charge on any atom is -0.395 e. The molecule has 3 nitrogen and oxygen atoms in total. The maximum absolute atomic E-state index is 12.3. The van der Waals surface area contributed by atoms with Gasteiger partial charge >= 0.3 is 0 Å². The molecule has 0 fully saturated rings. The summed E-state index contributed by atoms with van der Waals surface area (Å²) in [6.45, 7) is 4.37. The minimum atomic E-state index is -3.52. The van der Waals surface area contributed by atoms with Crippen molar-refractivity contribution in [3.05, 3.63) is 28.2 Å². The molecule has 0 amide bonds. The summed E-state index contributed by atoms with van der Waals surface area (Å²) in [6, 6.07) is 5.10. The van der Waals surface area contributed by atoms with Gasteiger partial charge in [-0.15, -0.1) is 0 Å². The number of halogens is 1. The van der Waals surface area contributed by atoms with Crippen LogP contribution >= 0.6 is 15.9 Å². The third-order valence-electron chi connectivity index (χ3n) is 2.55. The van der Waals surface area contributed by atoms with E-state index < -0.39 is 21.2 Å². The average Bonchev–Trinajstić information content (AvgIpc) is 2.21. The van der Waals surface area contributed by atoms with E-state index in [0.29, 0.717) is 10.0 Å². The number of aryl methyl sites for hydroxylation is 1. The fraction of sp³-hybridized carbons (Fsp3) is 0.455. The quantitative estimate of drug-likeness (QED) is 0.932. The molecule has 0 saturated heterocycles. The highest BCUT2D eigenvalue weighted by Crippen LogP contribution is 2.29. The summed E-state index contributed by atoms with van der Waals surface area (Å²) in [5, 5.41) is 9.16. The number of sulfone groups is 1. The molecule has 0 unspecified atom stereocenters. The first-order valence-corrected chi connectivity index (χ1v) is 7.11. The monoisotopic (exact) mass is 306 g/mol. The SMILES string of the molecule is Cc1ccc(Br)cc1S(=O)(=O)C(C)(C)CO. The van der Waals surface area contributed by atoms with E-state index in [4.69, 9.17) is 5.11 Å². The third kappa shape index (κ3) is 2.31. The van der Waals surface area contributed by atoms with E-state index in [-0.39, 0.29) is 4.90 Å². The molecule has 0 radical (unpaired) electrons. The fourth-order valence-corrected chi connectivity index (χ4v) is 3.30. The zero-order valence-electron chi connectivity index (χ0n) is 9.49. The normalized spacial score (nSPS) is 12.8. The summed E-state index contributed by atoms with van der Waals surface area (Å²) in [6.07, 6.45) is 0. The number of rotatable bonds is 3. The van der Waals surface area contributed by atoms with Crippen molar-refractivity contribution in [2.24, 2.45) is 0 Å². The predicted octanol–water partition coefficient (Wildman–Crippen LogP) is 2.30. The van der Waals surface area contributed by atoms with Gasteiger partial charge in [-0.3, -0.25) is 0 Å². The molecular weight excluding hydrogens is 292 g/mol. The molecule has 0 aliphatic heterocycles. The van der Waals surface area contributed by atoms with E-state index in [1.54, 1.807) is 25.1 Å². The van der Waals surface area contributed by atoms with E-state index in [9.17, 15) is 8.42 Å². The van der Waals surface area contributed by atoms with Crippen LogP contribution < -0.4 is 0 Å². The summed E-state index contributed by atoms with van der Waals surface area (Å²) < 4.78 is 24.1. The third-order valence-corrected chi connectivity index (χ3v) is 5.64. The Morgan fingerprint density at radius 3 is 2.44 bits per heavy atom. The average molecular weight is 307 g/mol. The summed E-state index contributed by atoms with van der Waals surface area (Å²) in [4.78, 5) is 0.265. The number of hydrogen-bond acceptors (Lipinski definition) is 3. The Kier molecular flexibility index (Phi) is 3.82. The Balaban J connectivity index is 3.44. The van der Waals surface area contributed by atoms with Crippen LogP contribution in [-0.4, -0.2) is 24.9 Å². The van der Waals surface area contributed by atoms with E-state index in [1.807, 2.05) is 0 Å². The smallest absolute Gasteiger partial charge is 0.186 e. The largest absolute Gasteiger partial charge is 0.395 e. The zero-order chi connectivity index (χ0) is 12.6. The van der Waals surface area contributed by atoms with E-state index in [1.165, 1.54) is 13.8 Å². The standard InChI is InChI=1S/C11H15BrO3S/c1-8-4-5-9(12)6-10(8)16(14,15)11(2,3)7-13/h4-6,13H,7H2,1-3H3. The van der Waals surface area contributed by atoms with Gasteiger partial charge < -0.3 is 5.11 Å². The highest BCUT2D eigenvalue weighted by Gasteiger charge is 2.36. The first-order valence-electron chi connectivity index (χ1n) is 4.84. The first kappa shape index (κ1) is 13.7. The minimum absolute atomic E-state index is 0.265. The van der Waals surface area contributed by atoms with Crippen molar-refractivity contribution in [1.29, 1.82) is 0 Å². The molecule has 0 heterocycles. The molecule has 0 spiro atoms. The predicted molar refractivity (Wildman–Crippen MR) is 67.2 cm³/mol. The lowest BCUT2D eigenvalue weighted by Crippen LogP contribution is -2.36. The van der Waals surface area contributed by atoms with Crippen molar-refractivity contribution < 1.29 is 13.5 Å². The van der Waals surface area contributed by atoms with E-state index in [0.717, 1.165) is 0 Å². The Bertz CT molecular complexity index is 492. The Labute approximate surface area is 105 Å². The molecular formula is C11H15BrO3S. The number of hydrogen-bond donors (Lipinski definition) is 1. The second-order valence-corrected chi connectivity index (χ2v) is 7.80. The second-order valence-electron chi connectivity index (χ2n) is 4.33. The van der Waals surface area contributed by atoms with Gasteiger partial charge in [0.05, 0.1) is 16.2 Å². The molecule has 1 rings (SSSR count). The van der Waals surface area contributed by atoms with Crippen LogP contribution in [0.15, 0.2) is 27.6 Å².